The molecule has 12 fully saturated rings. The summed E-state index contributed by atoms with van der Waals surface area (Å²) in [6.07, 6.45) is -0.180. The lowest BCUT2D eigenvalue weighted by molar-refractivity contribution is -0.158. The van der Waals surface area contributed by atoms with Crippen LogP contribution < -0.4 is 21.3 Å². The summed E-state index contributed by atoms with van der Waals surface area (Å²) in [6, 6.07) is 0. The van der Waals surface area contributed by atoms with Crippen LogP contribution in [0.5, 0.6) is 0 Å². The van der Waals surface area contributed by atoms with Crippen LogP contribution >= 0.6 is 0 Å². The Hall–Kier alpha value is -5.93. The van der Waals surface area contributed by atoms with Gasteiger partial charge in [0.05, 0.1) is 62.3 Å². The van der Waals surface area contributed by atoms with E-state index in [2.05, 4.69) is 21.3 Å². The lowest BCUT2D eigenvalue weighted by Crippen LogP contribution is -2.61. The van der Waals surface area contributed by atoms with Crippen molar-refractivity contribution >= 4 is 94.7 Å². The van der Waals surface area contributed by atoms with E-state index in [4.69, 9.17) is 59.4 Å². The molecule has 4 aliphatic heterocycles. The minimum Gasteiger partial charge on any atom is -0.463 e. The van der Waals surface area contributed by atoms with Gasteiger partial charge in [-0.2, -0.15) is 33.7 Å². The number of hydrogen-bond acceptors (Lipinski definition) is 30. The third kappa shape index (κ3) is 16.9. The Morgan fingerprint density at radius 2 is 0.892 bits per heavy atom. The van der Waals surface area contributed by atoms with E-state index < -0.39 is 173 Å². The molecule has 38 heteroatoms. The van der Waals surface area contributed by atoms with Crippen molar-refractivity contribution in [3.05, 3.63) is 0 Å². The summed E-state index contributed by atoms with van der Waals surface area (Å²) < 4.78 is 166. The van der Waals surface area contributed by atoms with Gasteiger partial charge >= 0.3 is 54.2 Å². The molecule has 21 unspecified atom stereocenters. The molecule has 0 aromatic rings. The van der Waals surface area contributed by atoms with Gasteiger partial charge in [-0.1, -0.05) is 55.4 Å². The number of amides is 4. The van der Waals surface area contributed by atoms with Crippen molar-refractivity contribution in [3.63, 3.8) is 0 Å². The molecular formula is C73H116N4O30S4. The molecule has 34 nitrogen and oxygen atoms in total. The van der Waals surface area contributed by atoms with Crippen molar-refractivity contribution in [2.24, 2.45) is 79.8 Å². The number of fused-ring (bicyclic) bond motifs is 4. The predicted molar refractivity (Wildman–Crippen MR) is 392 cm³/mol. The van der Waals surface area contributed by atoms with Crippen LogP contribution in [0.3, 0.4) is 0 Å². The van der Waals surface area contributed by atoms with Gasteiger partial charge in [0.2, 0.25) is 0 Å². The standard InChI is InChI=1S/C20H33NO7S.C18H27NO9S.C18H29NO7S.C17H27NO7S/c1-8-17(3,4)15(22)26-10-9-21-16(23)27-20(7)18(5)11-13-14(12(18)2)19(20,6)28-29(13,24)25;1-4-18(2,3)16(21)26-6-5-25-13(20)9-19-17(22)27-14-10-7-11-12(8-10)29(23,24)28-15(11)14;1-6-17(2,3)15(20)24-8-7-19-16(21)25-13-10-9-11-12(18(10,4)5)14(13)26-27(11,22)23;1-5-16(2,3)14(19)23-7-6-18-15(20)24-17(4)10-8-11-12(9-10)26(21,22)25-13(11)17/h12-14H,8-11H2,1-7H3,(H,21,23);10-12,14-15H,4-9H2,1-3H3,(H,19,22);10-14H,6-9H2,1-5H3,(H,19,21);10-13H,5-9H2,1-4H3,(H,18,20). The third-order valence-corrected chi connectivity index (χ3v) is 34.3. The van der Waals surface area contributed by atoms with E-state index in [0.29, 0.717) is 64.2 Å². The van der Waals surface area contributed by atoms with Gasteiger partial charge in [-0.3, -0.25) is 40.7 Å². The smallest absolute Gasteiger partial charge is 0.408 e. The fraction of sp³-hybridized carbons (Fsp3) is 0.877. The number of carbonyl (C=O) groups is 9. The number of ether oxygens (including phenoxy) is 9. The zero-order valence-electron chi connectivity index (χ0n) is 67.1. The van der Waals surface area contributed by atoms with Gasteiger partial charge in [-0.25, -0.2) is 19.2 Å². The van der Waals surface area contributed by atoms with Crippen LogP contribution in [0.4, 0.5) is 19.2 Å². The summed E-state index contributed by atoms with van der Waals surface area (Å²) in [4.78, 5) is 108. The molecule has 21 atom stereocenters. The first kappa shape index (κ1) is 89.0. The van der Waals surface area contributed by atoms with Crippen LogP contribution in [0.2, 0.25) is 0 Å². The quantitative estimate of drug-likeness (QED) is 0.0300. The summed E-state index contributed by atoms with van der Waals surface area (Å²) in [6.45, 7) is 35.1. The first-order valence-electron chi connectivity index (χ1n) is 38.5. The topological polar surface area (TPSA) is 458 Å². The summed E-state index contributed by atoms with van der Waals surface area (Å²) in [5.41, 5.74) is -6.21. The molecule has 12 rings (SSSR count). The van der Waals surface area contributed by atoms with Gasteiger partial charge in [-0.15, -0.1) is 0 Å². The van der Waals surface area contributed by atoms with Crippen LogP contribution in [0.15, 0.2) is 0 Å². The van der Waals surface area contributed by atoms with Crippen LogP contribution in [0, 0.1) is 79.8 Å². The highest BCUT2D eigenvalue weighted by Gasteiger charge is 2.84. The number of esters is 5. The van der Waals surface area contributed by atoms with Crippen LogP contribution in [0.1, 0.15) is 196 Å². The van der Waals surface area contributed by atoms with Crippen molar-refractivity contribution in [1.29, 1.82) is 0 Å². The first-order chi connectivity index (χ1) is 51.1. The summed E-state index contributed by atoms with van der Waals surface area (Å²) in [5, 5.41) is 8.00. The predicted octanol–water partition coefficient (Wildman–Crippen LogP) is 6.78. The Kier molecular flexibility index (Phi) is 25.6. The maximum Gasteiger partial charge on any atom is 0.408 e. The lowest BCUT2D eigenvalue weighted by Gasteiger charge is -2.48. The van der Waals surface area contributed by atoms with E-state index >= 15 is 0 Å². The largest absolute Gasteiger partial charge is 0.463 e. The molecule has 12 aliphatic rings. The lowest BCUT2D eigenvalue weighted by atomic mass is 9.66. The van der Waals surface area contributed by atoms with Crippen molar-refractivity contribution in [3.8, 4) is 0 Å². The SMILES string of the molecule is CCC(C)(C)C(=O)OCCNC(=O)OC1(C)C2(C)CC3C(C2C)C1(C)OS3(=O)=O.CCC(C)(C)C(=O)OCCNC(=O)OC1(C)C2CC3C1OS(=O)(=O)C3C2.CCC(C)(C)C(=O)OCCNC(=O)OC1C2OS(=O)(=O)C3CC1C(C)(C)C23.CCC(C)(C)C(=O)OCCOC(=O)CNC(=O)OC1C2CC3C1OS(=O)(=O)C3C2. The van der Waals surface area contributed by atoms with E-state index in [1.807, 2.05) is 55.4 Å². The molecule has 8 aliphatic carbocycles. The average Bonchev–Trinajstić information content (AvgIpc) is 1.46. The second-order valence-corrected chi connectivity index (χ2v) is 42.5. The van der Waals surface area contributed by atoms with E-state index in [-0.39, 0.29) is 129 Å². The second kappa shape index (κ2) is 31.9. The highest BCUT2D eigenvalue weighted by Crippen LogP contribution is 2.74. The number of rotatable bonds is 26. The fourth-order valence-electron chi connectivity index (χ4n) is 18.5. The fourth-order valence-corrected chi connectivity index (χ4v) is 26.5. The van der Waals surface area contributed by atoms with Gasteiger partial charge in [-0.05, 0) is 152 Å². The minimum absolute atomic E-state index is 0.0197. The molecule has 4 saturated heterocycles. The molecule has 0 aromatic carbocycles. The van der Waals surface area contributed by atoms with Crippen LogP contribution in [-0.2, 0) is 124 Å². The van der Waals surface area contributed by atoms with Crippen LogP contribution in [0.25, 0.3) is 0 Å². The Bertz CT molecular complexity index is 4060. The Morgan fingerprint density at radius 3 is 1.41 bits per heavy atom. The van der Waals surface area contributed by atoms with Gasteiger partial charge < -0.3 is 63.9 Å². The normalized spacial score (nSPS) is 36.3. The average molecular weight is 1660 g/mol. The van der Waals surface area contributed by atoms with E-state index in [1.165, 1.54) is 0 Å². The molecule has 632 valence electrons. The number of nitrogens with one attached hydrogen (secondary N) is 4. The monoisotopic (exact) mass is 1660 g/mol. The maximum absolute atomic E-state index is 12.5. The number of hydrogen-bond donors (Lipinski definition) is 4. The van der Waals surface area contributed by atoms with E-state index in [0.717, 1.165) is 0 Å². The van der Waals surface area contributed by atoms with Gasteiger partial charge in [0.15, 0.2) is 0 Å². The van der Waals surface area contributed by atoms with Crippen LogP contribution in [-0.4, -0.2) is 215 Å². The molecule has 111 heavy (non-hydrogen) atoms. The summed E-state index contributed by atoms with van der Waals surface area (Å²) in [7, 11) is -14.4. The molecule has 0 aromatic heterocycles. The number of carbonyl (C=O) groups excluding carboxylic acids is 9. The molecule has 0 spiro atoms. The Labute approximate surface area is 651 Å². The van der Waals surface area contributed by atoms with Gasteiger partial charge in [0, 0.05) is 46.8 Å². The molecule has 4 amide bonds. The second-order valence-electron chi connectivity index (χ2n) is 35.4. The van der Waals surface area contributed by atoms with Crippen molar-refractivity contribution in [2.75, 3.05) is 59.2 Å². The zero-order chi connectivity index (χ0) is 83.0. The highest BCUT2D eigenvalue weighted by atomic mass is 32.2. The molecule has 0 radical (unpaired) electrons. The van der Waals surface area contributed by atoms with Crippen molar-refractivity contribution in [2.45, 2.75) is 264 Å². The highest BCUT2D eigenvalue weighted by molar-refractivity contribution is 7.88. The van der Waals surface area contributed by atoms with Gasteiger partial charge in [0.25, 0.3) is 40.5 Å². The molecular weight excluding hydrogens is 1540 g/mol. The molecule has 4 heterocycles. The number of alkyl carbamates (subject to hydrolysis) is 4. The minimum atomic E-state index is -3.68. The van der Waals surface area contributed by atoms with Crippen molar-refractivity contribution in [1.82, 2.24) is 21.3 Å². The third-order valence-electron chi connectivity index (χ3n) is 27.2. The molecule has 8 saturated carbocycles. The van der Waals surface area contributed by atoms with E-state index in [1.54, 1.807) is 76.2 Å². The van der Waals surface area contributed by atoms with E-state index in [9.17, 15) is 76.8 Å². The van der Waals surface area contributed by atoms with Crippen molar-refractivity contribution < 1.29 is 136 Å². The molecule has 8 bridgehead atoms. The maximum atomic E-state index is 12.5. The zero-order valence-corrected chi connectivity index (χ0v) is 70.4. The Balaban J connectivity index is 0.000000170. The first-order valence-corrected chi connectivity index (χ1v) is 44.4. The summed E-state index contributed by atoms with van der Waals surface area (Å²) >= 11 is 0. The van der Waals surface area contributed by atoms with Gasteiger partial charge in [0.1, 0.15) is 86.9 Å². The summed E-state index contributed by atoms with van der Waals surface area (Å²) in [5.74, 6) is -2.71. The Morgan fingerprint density at radius 1 is 0.450 bits per heavy atom. The molecule has 4 N–H and O–H groups in total.